The molecule has 2 atom stereocenters. The van der Waals surface area contributed by atoms with Gasteiger partial charge in [-0.05, 0) is 42.7 Å². The molecule has 1 aliphatic rings. The summed E-state index contributed by atoms with van der Waals surface area (Å²) in [7, 11) is 0. The maximum absolute atomic E-state index is 12.3. The van der Waals surface area contributed by atoms with Crippen molar-refractivity contribution in [3.8, 4) is 0 Å². The van der Waals surface area contributed by atoms with Crippen LogP contribution in [0.15, 0.2) is 42.7 Å². The fourth-order valence-corrected chi connectivity index (χ4v) is 2.74. The van der Waals surface area contributed by atoms with Gasteiger partial charge in [0.05, 0.1) is 11.8 Å². The molecule has 0 saturated heterocycles. The number of pyridine rings is 1. The van der Waals surface area contributed by atoms with Gasteiger partial charge in [-0.2, -0.15) is 0 Å². The van der Waals surface area contributed by atoms with Crippen LogP contribution in [0.2, 0.25) is 5.02 Å². The molecule has 1 saturated carbocycles. The van der Waals surface area contributed by atoms with E-state index in [2.05, 4.69) is 15.6 Å². The van der Waals surface area contributed by atoms with E-state index in [0.29, 0.717) is 23.7 Å². The SMILES string of the molecule is Cc1c(Cl)cccc1NC(=O)C1CC1C(=O)NCc1cccnc1. The minimum absolute atomic E-state index is 0.0955. The van der Waals surface area contributed by atoms with Crippen molar-refractivity contribution in [2.24, 2.45) is 11.8 Å². The number of hydrogen-bond acceptors (Lipinski definition) is 3. The summed E-state index contributed by atoms with van der Waals surface area (Å²) < 4.78 is 0. The van der Waals surface area contributed by atoms with E-state index < -0.39 is 0 Å². The highest BCUT2D eigenvalue weighted by atomic mass is 35.5. The Bertz CT molecular complexity index is 764. The minimum atomic E-state index is -0.280. The smallest absolute Gasteiger partial charge is 0.228 e. The van der Waals surface area contributed by atoms with Crippen molar-refractivity contribution in [2.45, 2.75) is 19.9 Å². The molecule has 5 nitrogen and oxygen atoms in total. The zero-order valence-electron chi connectivity index (χ0n) is 13.3. The Kier molecular flexibility index (Phi) is 4.81. The molecule has 1 fully saturated rings. The van der Waals surface area contributed by atoms with Gasteiger partial charge in [0.1, 0.15) is 0 Å². The molecule has 2 unspecified atom stereocenters. The number of amides is 2. The number of nitrogens with zero attached hydrogens (tertiary/aromatic N) is 1. The lowest BCUT2D eigenvalue weighted by Crippen LogP contribution is -2.27. The van der Waals surface area contributed by atoms with E-state index in [9.17, 15) is 9.59 Å². The first kappa shape index (κ1) is 16.5. The van der Waals surface area contributed by atoms with Gasteiger partial charge >= 0.3 is 0 Å². The molecule has 0 aliphatic heterocycles. The molecule has 2 N–H and O–H groups in total. The molecule has 1 aromatic heterocycles. The fraction of sp³-hybridized carbons (Fsp3) is 0.278. The Morgan fingerprint density at radius 2 is 2.00 bits per heavy atom. The van der Waals surface area contributed by atoms with Crippen molar-refractivity contribution in [2.75, 3.05) is 5.32 Å². The van der Waals surface area contributed by atoms with Gasteiger partial charge in [-0.15, -0.1) is 0 Å². The molecule has 2 amide bonds. The highest BCUT2D eigenvalue weighted by Gasteiger charge is 2.47. The third-order valence-electron chi connectivity index (χ3n) is 4.18. The molecule has 1 heterocycles. The van der Waals surface area contributed by atoms with Gasteiger partial charge < -0.3 is 10.6 Å². The average molecular weight is 344 g/mol. The lowest BCUT2D eigenvalue weighted by Gasteiger charge is -2.09. The van der Waals surface area contributed by atoms with Crippen LogP contribution in [0.4, 0.5) is 5.69 Å². The lowest BCUT2D eigenvalue weighted by atomic mass is 10.2. The lowest BCUT2D eigenvalue weighted by molar-refractivity contribution is -0.125. The summed E-state index contributed by atoms with van der Waals surface area (Å²) >= 11 is 6.05. The van der Waals surface area contributed by atoms with Crippen LogP contribution in [0.3, 0.4) is 0 Å². The first-order valence-electron chi connectivity index (χ1n) is 7.79. The van der Waals surface area contributed by atoms with Crippen LogP contribution in [-0.4, -0.2) is 16.8 Å². The predicted molar refractivity (Wildman–Crippen MR) is 92.5 cm³/mol. The number of halogens is 1. The van der Waals surface area contributed by atoms with Crippen LogP contribution in [0, 0.1) is 18.8 Å². The maximum Gasteiger partial charge on any atom is 0.228 e. The molecular weight excluding hydrogens is 326 g/mol. The Labute approximate surface area is 145 Å². The van der Waals surface area contributed by atoms with Gasteiger partial charge in [-0.1, -0.05) is 23.7 Å². The highest BCUT2D eigenvalue weighted by Crippen LogP contribution is 2.40. The molecular formula is C18H18ClN3O2. The molecule has 1 aromatic carbocycles. The standard InChI is InChI=1S/C18H18ClN3O2/c1-11-15(19)5-2-6-16(11)22-18(24)14-8-13(14)17(23)21-10-12-4-3-7-20-9-12/h2-7,9,13-14H,8,10H2,1H3,(H,21,23)(H,22,24). The second-order valence-electron chi connectivity index (χ2n) is 5.93. The molecule has 0 spiro atoms. The van der Waals surface area contributed by atoms with Crippen LogP contribution in [0.1, 0.15) is 17.5 Å². The van der Waals surface area contributed by atoms with Crippen molar-refractivity contribution in [3.05, 3.63) is 58.9 Å². The highest BCUT2D eigenvalue weighted by molar-refractivity contribution is 6.31. The van der Waals surface area contributed by atoms with Gasteiger partial charge in [0.25, 0.3) is 0 Å². The zero-order chi connectivity index (χ0) is 17.1. The molecule has 124 valence electrons. The van der Waals surface area contributed by atoms with E-state index in [1.807, 2.05) is 19.1 Å². The number of rotatable bonds is 5. The summed E-state index contributed by atoms with van der Waals surface area (Å²) in [5.41, 5.74) is 2.45. The number of carbonyl (C=O) groups excluding carboxylic acids is 2. The van der Waals surface area contributed by atoms with Gasteiger partial charge in [-0.25, -0.2) is 0 Å². The van der Waals surface area contributed by atoms with Crippen LogP contribution >= 0.6 is 11.6 Å². The Morgan fingerprint density at radius 1 is 1.21 bits per heavy atom. The largest absolute Gasteiger partial charge is 0.352 e. The quantitative estimate of drug-likeness (QED) is 0.876. The summed E-state index contributed by atoms with van der Waals surface area (Å²) in [5.74, 6) is -0.776. The van der Waals surface area contributed by atoms with E-state index in [-0.39, 0.29) is 23.7 Å². The number of anilines is 1. The molecule has 3 rings (SSSR count). The van der Waals surface area contributed by atoms with Crippen LogP contribution in [-0.2, 0) is 16.1 Å². The van der Waals surface area contributed by atoms with E-state index in [4.69, 9.17) is 11.6 Å². The van der Waals surface area contributed by atoms with Gasteiger partial charge in [0, 0.05) is 29.6 Å². The predicted octanol–water partition coefficient (Wildman–Crippen LogP) is 2.93. The fourth-order valence-electron chi connectivity index (χ4n) is 2.57. The van der Waals surface area contributed by atoms with Crippen molar-refractivity contribution in [1.82, 2.24) is 10.3 Å². The van der Waals surface area contributed by atoms with E-state index in [1.54, 1.807) is 30.6 Å². The molecule has 24 heavy (non-hydrogen) atoms. The van der Waals surface area contributed by atoms with E-state index in [1.165, 1.54) is 0 Å². The average Bonchev–Trinajstić information content (AvgIpc) is 3.39. The first-order valence-corrected chi connectivity index (χ1v) is 8.16. The number of nitrogens with one attached hydrogen (secondary N) is 2. The Hall–Kier alpha value is -2.40. The van der Waals surface area contributed by atoms with Crippen LogP contribution in [0.5, 0.6) is 0 Å². The third kappa shape index (κ3) is 3.74. The van der Waals surface area contributed by atoms with Crippen molar-refractivity contribution in [3.63, 3.8) is 0 Å². The number of aromatic nitrogens is 1. The topological polar surface area (TPSA) is 71.1 Å². The molecule has 0 radical (unpaired) electrons. The second kappa shape index (κ2) is 7.01. The van der Waals surface area contributed by atoms with Crippen molar-refractivity contribution >= 4 is 29.1 Å². The summed E-state index contributed by atoms with van der Waals surface area (Å²) in [6.07, 6.45) is 3.97. The summed E-state index contributed by atoms with van der Waals surface area (Å²) in [6, 6.07) is 9.09. The first-order chi connectivity index (χ1) is 11.6. The van der Waals surface area contributed by atoms with E-state index in [0.717, 1.165) is 11.1 Å². The minimum Gasteiger partial charge on any atom is -0.352 e. The van der Waals surface area contributed by atoms with E-state index >= 15 is 0 Å². The summed E-state index contributed by atoms with van der Waals surface area (Å²) in [5, 5.41) is 6.31. The van der Waals surface area contributed by atoms with Crippen molar-refractivity contribution < 1.29 is 9.59 Å². The normalized spacial score (nSPS) is 18.8. The molecule has 1 aliphatic carbocycles. The van der Waals surface area contributed by atoms with Crippen LogP contribution in [0.25, 0.3) is 0 Å². The Morgan fingerprint density at radius 3 is 2.75 bits per heavy atom. The monoisotopic (exact) mass is 343 g/mol. The maximum atomic E-state index is 12.3. The Balaban J connectivity index is 1.52. The van der Waals surface area contributed by atoms with Gasteiger partial charge in [-0.3, -0.25) is 14.6 Å². The molecule has 2 aromatic rings. The third-order valence-corrected chi connectivity index (χ3v) is 4.59. The second-order valence-corrected chi connectivity index (χ2v) is 6.34. The number of benzene rings is 1. The van der Waals surface area contributed by atoms with Gasteiger partial charge in [0.2, 0.25) is 11.8 Å². The molecule has 0 bridgehead atoms. The molecule has 6 heteroatoms. The van der Waals surface area contributed by atoms with Crippen LogP contribution < -0.4 is 10.6 Å². The van der Waals surface area contributed by atoms with Crippen molar-refractivity contribution in [1.29, 1.82) is 0 Å². The summed E-state index contributed by atoms with van der Waals surface area (Å²) in [6.45, 7) is 2.27. The van der Waals surface area contributed by atoms with Gasteiger partial charge in [0.15, 0.2) is 0 Å². The number of hydrogen-bond donors (Lipinski definition) is 2. The zero-order valence-corrected chi connectivity index (χ0v) is 14.0. The summed E-state index contributed by atoms with van der Waals surface area (Å²) in [4.78, 5) is 28.4. The number of carbonyl (C=O) groups is 2.